The monoisotopic (exact) mass is 359 g/mol. The first-order chi connectivity index (χ1) is 12.1. The molecule has 25 heavy (non-hydrogen) atoms. The van der Waals surface area contributed by atoms with Crippen molar-refractivity contribution in [1.82, 2.24) is 24.8 Å². The molecule has 0 atom stereocenters. The van der Waals surface area contributed by atoms with Crippen molar-refractivity contribution in [2.45, 2.75) is 46.9 Å². The highest BCUT2D eigenvalue weighted by Crippen LogP contribution is 2.20. The number of carbonyl (C=O) groups is 1. The van der Waals surface area contributed by atoms with Crippen LogP contribution in [0.1, 0.15) is 45.8 Å². The molecule has 7 nitrogen and oxygen atoms in total. The first-order valence-electron chi connectivity index (χ1n) is 8.21. The molecule has 0 bridgehead atoms. The van der Waals surface area contributed by atoms with Gasteiger partial charge in [0.15, 0.2) is 12.4 Å². The number of hydrogen-bond donors (Lipinski definition) is 0. The van der Waals surface area contributed by atoms with Crippen LogP contribution in [0.25, 0.3) is 0 Å². The zero-order chi connectivity index (χ0) is 17.8. The van der Waals surface area contributed by atoms with E-state index >= 15 is 0 Å². The predicted octanol–water partition coefficient (Wildman–Crippen LogP) is 2.97. The molecule has 0 fully saturated rings. The molecule has 3 aromatic heterocycles. The van der Waals surface area contributed by atoms with Crippen molar-refractivity contribution in [3.8, 4) is 0 Å². The highest BCUT2D eigenvalue weighted by molar-refractivity contribution is 7.09. The van der Waals surface area contributed by atoms with Crippen molar-refractivity contribution in [2.24, 2.45) is 0 Å². The number of hydrogen-bond acceptors (Lipinski definition) is 6. The zero-order valence-electron chi connectivity index (χ0n) is 14.6. The number of ether oxygens (including phenoxy) is 1. The quantitative estimate of drug-likeness (QED) is 0.606. The molecular formula is C17H21N5O2S. The number of aromatic nitrogens is 5. The molecule has 0 aliphatic carbocycles. The van der Waals surface area contributed by atoms with Gasteiger partial charge in [0, 0.05) is 22.8 Å². The first-order valence-corrected chi connectivity index (χ1v) is 9.09. The Hall–Kier alpha value is -2.48. The maximum atomic E-state index is 12.5. The lowest BCUT2D eigenvalue weighted by molar-refractivity contribution is 0.0455. The molecule has 3 rings (SSSR count). The standard InChI is InChI=1S/C17H21N5O2S/c1-4-7-22-16(18-19-20-22)11-24-17(23)15-9-12(2)21(13(15)3)10-14-6-5-8-25-14/h5-6,8-9H,4,7,10-11H2,1-3H3. The van der Waals surface area contributed by atoms with Crippen LogP contribution < -0.4 is 0 Å². The Morgan fingerprint density at radius 1 is 1.36 bits per heavy atom. The van der Waals surface area contributed by atoms with E-state index in [0.717, 1.165) is 24.4 Å². The van der Waals surface area contributed by atoms with Crippen LogP contribution in [0.2, 0.25) is 0 Å². The lowest BCUT2D eigenvalue weighted by atomic mass is 10.2. The Morgan fingerprint density at radius 3 is 2.92 bits per heavy atom. The summed E-state index contributed by atoms with van der Waals surface area (Å²) in [5.74, 6) is 0.208. The number of aryl methyl sites for hydroxylation is 2. The number of rotatable bonds is 7. The largest absolute Gasteiger partial charge is 0.454 e. The summed E-state index contributed by atoms with van der Waals surface area (Å²) in [6.07, 6.45) is 0.913. The molecule has 0 spiro atoms. The second-order valence-electron chi connectivity index (χ2n) is 5.84. The van der Waals surface area contributed by atoms with Gasteiger partial charge in [0.2, 0.25) is 0 Å². The van der Waals surface area contributed by atoms with Crippen molar-refractivity contribution in [2.75, 3.05) is 0 Å². The van der Waals surface area contributed by atoms with E-state index in [9.17, 15) is 4.79 Å². The van der Waals surface area contributed by atoms with Crippen molar-refractivity contribution in [3.63, 3.8) is 0 Å². The summed E-state index contributed by atoms with van der Waals surface area (Å²) < 4.78 is 9.22. The lowest BCUT2D eigenvalue weighted by Crippen LogP contribution is -2.12. The summed E-state index contributed by atoms with van der Waals surface area (Å²) in [6, 6.07) is 6.00. The van der Waals surface area contributed by atoms with Gasteiger partial charge in [-0.1, -0.05) is 13.0 Å². The minimum absolute atomic E-state index is 0.0699. The summed E-state index contributed by atoms with van der Waals surface area (Å²) in [6.45, 7) is 7.52. The SMILES string of the molecule is CCCn1nnnc1COC(=O)c1cc(C)n(Cc2cccs2)c1C. The average molecular weight is 359 g/mol. The van der Waals surface area contributed by atoms with Gasteiger partial charge in [-0.2, -0.15) is 0 Å². The maximum absolute atomic E-state index is 12.5. The van der Waals surface area contributed by atoms with E-state index in [-0.39, 0.29) is 12.6 Å². The van der Waals surface area contributed by atoms with Crippen LogP contribution in [0.3, 0.4) is 0 Å². The smallest absolute Gasteiger partial charge is 0.340 e. The van der Waals surface area contributed by atoms with E-state index in [1.165, 1.54) is 4.88 Å². The van der Waals surface area contributed by atoms with Gasteiger partial charge in [-0.05, 0) is 48.2 Å². The molecule has 3 aromatic rings. The highest BCUT2D eigenvalue weighted by atomic mass is 32.1. The third-order valence-electron chi connectivity index (χ3n) is 4.06. The van der Waals surface area contributed by atoms with Gasteiger partial charge in [-0.15, -0.1) is 16.4 Å². The van der Waals surface area contributed by atoms with Gasteiger partial charge < -0.3 is 9.30 Å². The van der Waals surface area contributed by atoms with Crippen LogP contribution in [-0.2, 0) is 24.4 Å². The van der Waals surface area contributed by atoms with E-state index in [1.54, 1.807) is 16.0 Å². The molecule has 0 radical (unpaired) electrons. The van der Waals surface area contributed by atoms with Gasteiger partial charge in [0.05, 0.1) is 12.1 Å². The van der Waals surface area contributed by atoms with Crippen LogP contribution in [-0.4, -0.2) is 30.7 Å². The van der Waals surface area contributed by atoms with Crippen LogP contribution in [0, 0.1) is 13.8 Å². The van der Waals surface area contributed by atoms with Crippen molar-refractivity contribution >= 4 is 17.3 Å². The minimum atomic E-state index is -0.350. The number of nitrogens with zero attached hydrogens (tertiary/aromatic N) is 5. The zero-order valence-corrected chi connectivity index (χ0v) is 15.4. The topological polar surface area (TPSA) is 74.8 Å². The molecule has 8 heteroatoms. The molecule has 0 aromatic carbocycles. The fraction of sp³-hybridized carbons (Fsp3) is 0.412. The average Bonchev–Trinajstić information content (AvgIpc) is 3.31. The second-order valence-corrected chi connectivity index (χ2v) is 6.88. The van der Waals surface area contributed by atoms with Crippen molar-refractivity contribution in [3.05, 3.63) is 51.2 Å². The Labute approximate surface area is 150 Å². The molecular weight excluding hydrogens is 338 g/mol. The molecule has 0 N–H and O–H groups in total. The van der Waals surface area contributed by atoms with Crippen LogP contribution in [0.4, 0.5) is 0 Å². The van der Waals surface area contributed by atoms with E-state index in [0.29, 0.717) is 17.9 Å². The minimum Gasteiger partial charge on any atom is -0.454 e. The Balaban J connectivity index is 1.71. The van der Waals surface area contributed by atoms with Crippen LogP contribution in [0.15, 0.2) is 23.6 Å². The fourth-order valence-corrected chi connectivity index (χ4v) is 3.42. The number of esters is 1. The molecule has 0 unspecified atom stereocenters. The van der Waals surface area contributed by atoms with Crippen molar-refractivity contribution in [1.29, 1.82) is 0 Å². The van der Waals surface area contributed by atoms with Gasteiger partial charge in [0.25, 0.3) is 0 Å². The summed E-state index contributed by atoms with van der Waals surface area (Å²) in [5, 5.41) is 13.5. The number of thiophene rings is 1. The molecule has 0 saturated carbocycles. The van der Waals surface area contributed by atoms with Gasteiger partial charge in [-0.25, -0.2) is 9.48 Å². The molecule has 0 aliphatic rings. The maximum Gasteiger partial charge on any atom is 0.340 e. The van der Waals surface area contributed by atoms with E-state index in [2.05, 4.69) is 31.5 Å². The van der Waals surface area contributed by atoms with E-state index in [1.807, 2.05) is 32.9 Å². The first kappa shape index (κ1) is 17.3. The van der Waals surface area contributed by atoms with E-state index < -0.39 is 0 Å². The fourth-order valence-electron chi connectivity index (χ4n) is 2.73. The number of tetrazole rings is 1. The Kier molecular flexibility index (Phi) is 5.28. The number of carbonyl (C=O) groups excluding carboxylic acids is 1. The van der Waals surface area contributed by atoms with Crippen LogP contribution in [0.5, 0.6) is 0 Å². The highest BCUT2D eigenvalue weighted by Gasteiger charge is 2.18. The summed E-state index contributed by atoms with van der Waals surface area (Å²) >= 11 is 1.71. The molecule has 0 amide bonds. The van der Waals surface area contributed by atoms with Crippen molar-refractivity contribution < 1.29 is 9.53 Å². The molecule has 132 valence electrons. The second kappa shape index (κ2) is 7.60. The van der Waals surface area contributed by atoms with Gasteiger partial charge >= 0.3 is 5.97 Å². The third kappa shape index (κ3) is 3.79. The Bertz CT molecular complexity index is 851. The third-order valence-corrected chi connectivity index (χ3v) is 4.92. The van der Waals surface area contributed by atoms with E-state index in [4.69, 9.17) is 4.74 Å². The lowest BCUT2D eigenvalue weighted by Gasteiger charge is -2.08. The van der Waals surface area contributed by atoms with Crippen LogP contribution >= 0.6 is 11.3 Å². The molecule has 0 aliphatic heterocycles. The summed E-state index contributed by atoms with van der Waals surface area (Å²) in [4.78, 5) is 13.7. The van der Waals surface area contributed by atoms with Gasteiger partial charge in [-0.3, -0.25) is 0 Å². The molecule has 3 heterocycles. The Morgan fingerprint density at radius 2 is 2.20 bits per heavy atom. The molecule has 0 saturated heterocycles. The van der Waals surface area contributed by atoms with Gasteiger partial charge in [0.1, 0.15) is 0 Å². The predicted molar refractivity (Wildman–Crippen MR) is 94.6 cm³/mol. The summed E-state index contributed by atoms with van der Waals surface area (Å²) in [5.41, 5.74) is 2.53. The summed E-state index contributed by atoms with van der Waals surface area (Å²) in [7, 11) is 0. The normalized spacial score (nSPS) is 11.0.